The Hall–Kier alpha value is -1.20. The van der Waals surface area contributed by atoms with Crippen molar-refractivity contribution in [1.82, 2.24) is 0 Å². The van der Waals surface area contributed by atoms with Gasteiger partial charge in [-0.05, 0) is 12.0 Å². The summed E-state index contributed by atoms with van der Waals surface area (Å²) < 4.78 is 13.8. The van der Waals surface area contributed by atoms with Gasteiger partial charge in [0.15, 0.2) is 5.82 Å². The second-order valence-corrected chi connectivity index (χ2v) is 4.61. The molecule has 1 atom stereocenters. The third-order valence-electron chi connectivity index (χ3n) is 2.60. The summed E-state index contributed by atoms with van der Waals surface area (Å²) in [7, 11) is 0. The molecule has 0 aromatic heterocycles. The van der Waals surface area contributed by atoms with E-state index in [1.165, 1.54) is 6.07 Å². The number of aliphatic hydroxyl groups is 1. The molecule has 1 aromatic rings. The third kappa shape index (κ3) is 2.92. The molecule has 0 bridgehead atoms. The van der Waals surface area contributed by atoms with Crippen LogP contribution in [0.15, 0.2) is 6.07 Å². The number of hydrogen-bond acceptors (Lipinski definition) is 4. The summed E-state index contributed by atoms with van der Waals surface area (Å²) in [6, 6.07) is 1.09. The van der Waals surface area contributed by atoms with E-state index in [9.17, 15) is 9.50 Å². The lowest BCUT2D eigenvalue weighted by Crippen LogP contribution is -2.30. The Morgan fingerprint density at radius 3 is 2.47 bits per heavy atom. The van der Waals surface area contributed by atoms with Crippen molar-refractivity contribution in [1.29, 1.82) is 0 Å². The van der Waals surface area contributed by atoms with Gasteiger partial charge < -0.3 is 21.9 Å². The van der Waals surface area contributed by atoms with E-state index in [2.05, 4.69) is 5.32 Å². The Balaban J connectivity index is 3.10. The van der Waals surface area contributed by atoms with Crippen LogP contribution in [-0.4, -0.2) is 17.8 Å². The molecule has 0 saturated heterocycles. The van der Waals surface area contributed by atoms with Gasteiger partial charge in [-0.25, -0.2) is 4.39 Å². The Morgan fingerprint density at radius 2 is 2.00 bits per heavy atom. The lowest BCUT2D eigenvalue weighted by Gasteiger charge is -2.23. The van der Waals surface area contributed by atoms with Gasteiger partial charge in [-0.2, -0.15) is 0 Å². The number of halogens is 2. The first-order valence-corrected chi connectivity index (χ1v) is 5.66. The number of nitrogens with one attached hydrogen (secondary N) is 1. The lowest BCUT2D eigenvalue weighted by atomic mass is 10.0. The number of anilines is 3. The molecule has 0 spiro atoms. The summed E-state index contributed by atoms with van der Waals surface area (Å²) in [6.07, 6.45) is 0. The van der Waals surface area contributed by atoms with Crippen LogP contribution in [-0.2, 0) is 0 Å². The van der Waals surface area contributed by atoms with Crippen molar-refractivity contribution in [3.63, 3.8) is 0 Å². The van der Waals surface area contributed by atoms with Crippen molar-refractivity contribution in [2.24, 2.45) is 5.92 Å². The van der Waals surface area contributed by atoms with Gasteiger partial charge in [-0.15, -0.1) is 0 Å². The normalized spacial score (nSPS) is 12.8. The van der Waals surface area contributed by atoms with Gasteiger partial charge in [-0.3, -0.25) is 0 Å². The number of rotatable bonds is 4. The quantitative estimate of drug-likeness (QED) is 0.625. The van der Waals surface area contributed by atoms with Gasteiger partial charge in [-0.1, -0.05) is 25.4 Å². The molecule has 0 amide bonds. The molecule has 0 heterocycles. The van der Waals surface area contributed by atoms with E-state index in [1.54, 1.807) is 0 Å². The fraction of sp³-hybridized carbons (Fsp3) is 0.455. The SMILES string of the molecule is CC(C)C(CO)Nc1c(N)cc(N)c(Cl)c1F. The first kappa shape index (κ1) is 13.9. The zero-order chi connectivity index (χ0) is 13.2. The van der Waals surface area contributed by atoms with E-state index >= 15 is 0 Å². The van der Waals surface area contributed by atoms with Gasteiger partial charge in [0.25, 0.3) is 0 Å². The molecule has 4 nitrogen and oxygen atoms in total. The van der Waals surface area contributed by atoms with Crippen molar-refractivity contribution in [3.8, 4) is 0 Å². The van der Waals surface area contributed by atoms with Crippen molar-refractivity contribution in [2.75, 3.05) is 23.4 Å². The largest absolute Gasteiger partial charge is 0.397 e. The van der Waals surface area contributed by atoms with Gasteiger partial charge >= 0.3 is 0 Å². The van der Waals surface area contributed by atoms with Crippen LogP contribution in [0, 0.1) is 11.7 Å². The van der Waals surface area contributed by atoms with Crippen LogP contribution < -0.4 is 16.8 Å². The van der Waals surface area contributed by atoms with Crippen LogP contribution in [0.3, 0.4) is 0 Å². The molecule has 6 N–H and O–H groups in total. The molecule has 17 heavy (non-hydrogen) atoms. The van der Waals surface area contributed by atoms with E-state index < -0.39 is 5.82 Å². The molecule has 0 radical (unpaired) electrons. The molecule has 1 unspecified atom stereocenters. The van der Waals surface area contributed by atoms with Crippen molar-refractivity contribution in [2.45, 2.75) is 19.9 Å². The highest BCUT2D eigenvalue weighted by atomic mass is 35.5. The van der Waals surface area contributed by atoms with Crippen LogP contribution in [0.25, 0.3) is 0 Å². The minimum atomic E-state index is -0.691. The van der Waals surface area contributed by atoms with Crippen LogP contribution in [0.5, 0.6) is 0 Å². The van der Waals surface area contributed by atoms with Gasteiger partial charge in [0, 0.05) is 0 Å². The fourth-order valence-electron chi connectivity index (χ4n) is 1.42. The summed E-state index contributed by atoms with van der Waals surface area (Å²) in [4.78, 5) is 0. The van der Waals surface area contributed by atoms with Crippen molar-refractivity contribution >= 4 is 28.7 Å². The predicted octanol–water partition coefficient (Wildman–Crippen LogP) is 2.07. The predicted molar refractivity (Wildman–Crippen MR) is 69.6 cm³/mol. The van der Waals surface area contributed by atoms with Crippen LogP contribution in [0.2, 0.25) is 5.02 Å². The van der Waals surface area contributed by atoms with Gasteiger partial charge in [0.2, 0.25) is 0 Å². The van der Waals surface area contributed by atoms with E-state index in [4.69, 9.17) is 23.1 Å². The summed E-state index contributed by atoms with van der Waals surface area (Å²) in [5, 5.41) is 11.9. The molecule has 0 aliphatic rings. The Bertz CT molecular complexity index is 412. The smallest absolute Gasteiger partial charge is 0.169 e. The average Bonchev–Trinajstić information content (AvgIpc) is 2.26. The maximum absolute atomic E-state index is 13.8. The average molecular weight is 262 g/mol. The minimum absolute atomic E-state index is 0.0805. The van der Waals surface area contributed by atoms with Crippen LogP contribution in [0.1, 0.15) is 13.8 Å². The van der Waals surface area contributed by atoms with E-state index in [0.717, 1.165) is 0 Å². The zero-order valence-corrected chi connectivity index (χ0v) is 10.6. The molecule has 1 rings (SSSR count). The summed E-state index contributed by atoms with van der Waals surface area (Å²) in [5.74, 6) is -0.571. The molecule has 0 fully saturated rings. The second-order valence-electron chi connectivity index (χ2n) is 4.24. The first-order valence-electron chi connectivity index (χ1n) is 5.28. The first-order chi connectivity index (χ1) is 7.88. The Labute approximate surface area is 105 Å². The highest BCUT2D eigenvalue weighted by molar-refractivity contribution is 6.33. The molecule has 0 aliphatic carbocycles. The summed E-state index contributed by atoms with van der Waals surface area (Å²) in [5.41, 5.74) is 11.5. The highest BCUT2D eigenvalue weighted by Gasteiger charge is 2.19. The van der Waals surface area contributed by atoms with Gasteiger partial charge in [0.05, 0.1) is 29.7 Å². The second kappa shape index (κ2) is 5.42. The number of aliphatic hydroxyl groups excluding tert-OH is 1. The van der Waals surface area contributed by atoms with E-state index in [0.29, 0.717) is 0 Å². The number of nitrogen functional groups attached to an aromatic ring is 2. The Morgan fingerprint density at radius 1 is 1.41 bits per heavy atom. The maximum atomic E-state index is 13.8. The van der Waals surface area contributed by atoms with E-state index in [-0.39, 0.29) is 40.7 Å². The molecular formula is C11H17ClFN3O. The molecule has 0 aliphatic heterocycles. The standard InChI is InChI=1S/C11H17ClFN3O/c1-5(2)8(4-17)16-11-7(15)3-6(14)9(12)10(11)13/h3,5,8,16-17H,4,14-15H2,1-2H3. The number of hydrogen-bond donors (Lipinski definition) is 4. The number of nitrogens with two attached hydrogens (primary N) is 2. The molecule has 1 aromatic carbocycles. The third-order valence-corrected chi connectivity index (χ3v) is 2.98. The summed E-state index contributed by atoms with van der Waals surface area (Å²) in [6.45, 7) is 3.68. The molecule has 0 saturated carbocycles. The fourth-order valence-corrected chi connectivity index (χ4v) is 1.57. The van der Waals surface area contributed by atoms with E-state index in [1.807, 2.05) is 13.8 Å². The summed E-state index contributed by atoms with van der Waals surface area (Å²) >= 11 is 5.70. The molecule has 6 heteroatoms. The topological polar surface area (TPSA) is 84.3 Å². The maximum Gasteiger partial charge on any atom is 0.169 e. The monoisotopic (exact) mass is 261 g/mol. The molecular weight excluding hydrogens is 245 g/mol. The minimum Gasteiger partial charge on any atom is -0.397 e. The van der Waals surface area contributed by atoms with Crippen LogP contribution in [0.4, 0.5) is 21.5 Å². The Kier molecular flexibility index (Phi) is 4.42. The highest BCUT2D eigenvalue weighted by Crippen LogP contribution is 2.34. The number of benzene rings is 1. The van der Waals surface area contributed by atoms with Crippen LogP contribution >= 0.6 is 11.6 Å². The van der Waals surface area contributed by atoms with Gasteiger partial charge in [0.1, 0.15) is 5.02 Å². The van der Waals surface area contributed by atoms with Crippen molar-refractivity contribution in [3.05, 3.63) is 16.9 Å². The molecule has 96 valence electrons. The van der Waals surface area contributed by atoms with Crippen molar-refractivity contribution < 1.29 is 9.50 Å². The lowest BCUT2D eigenvalue weighted by molar-refractivity contribution is 0.249. The zero-order valence-electron chi connectivity index (χ0n) is 9.80.